The molecule has 6 heteroatoms. The van der Waals surface area contributed by atoms with E-state index in [0.29, 0.717) is 10.9 Å². The molecule has 0 amide bonds. The normalized spacial score (nSPS) is 22.6. The number of pyridine rings is 1. The van der Waals surface area contributed by atoms with Crippen molar-refractivity contribution in [2.75, 3.05) is 13.1 Å². The maximum Gasteiger partial charge on any atom is 0.402 e. The third kappa shape index (κ3) is 2.19. The van der Waals surface area contributed by atoms with Crippen LogP contribution in [0.3, 0.4) is 0 Å². The Balaban J connectivity index is 2.06. The second kappa shape index (κ2) is 4.80. The maximum absolute atomic E-state index is 13.4. The number of ketones is 1. The van der Waals surface area contributed by atoms with Gasteiger partial charge >= 0.3 is 6.18 Å². The highest BCUT2D eigenvalue weighted by molar-refractivity contribution is 6.03. The molecule has 1 N–H and O–H groups in total. The summed E-state index contributed by atoms with van der Waals surface area (Å²) in [5.74, 6) is -0.870. The van der Waals surface area contributed by atoms with Gasteiger partial charge in [0.15, 0.2) is 5.78 Å². The number of alkyl halides is 3. The van der Waals surface area contributed by atoms with Crippen molar-refractivity contribution in [1.29, 1.82) is 0 Å². The molecule has 1 aromatic heterocycles. The first kappa shape index (κ1) is 14.0. The minimum atomic E-state index is -4.56. The number of rotatable bonds is 2. The van der Waals surface area contributed by atoms with Crippen molar-refractivity contribution >= 4 is 16.7 Å². The smallest absolute Gasteiger partial charge is 0.315 e. The summed E-state index contributed by atoms with van der Waals surface area (Å²) >= 11 is 0. The summed E-state index contributed by atoms with van der Waals surface area (Å²) in [6, 6.07) is 7.90. The lowest BCUT2D eigenvalue weighted by Gasteiger charge is -2.29. The fourth-order valence-corrected chi connectivity index (χ4v) is 2.75. The third-order valence-corrected chi connectivity index (χ3v) is 4.00. The summed E-state index contributed by atoms with van der Waals surface area (Å²) in [7, 11) is 0. The van der Waals surface area contributed by atoms with E-state index in [1.165, 1.54) is 12.1 Å². The Hall–Kier alpha value is -1.95. The molecule has 0 saturated carbocycles. The lowest BCUT2D eigenvalue weighted by molar-refractivity contribution is -0.197. The molecular weight excluding hydrogens is 281 g/mol. The molecule has 1 aliphatic heterocycles. The van der Waals surface area contributed by atoms with Gasteiger partial charge in [0.2, 0.25) is 0 Å². The van der Waals surface area contributed by atoms with E-state index in [9.17, 15) is 18.0 Å². The summed E-state index contributed by atoms with van der Waals surface area (Å²) < 4.78 is 40.2. The van der Waals surface area contributed by atoms with Gasteiger partial charge in [-0.05, 0) is 37.2 Å². The number of nitrogens with zero attached hydrogens (tertiary/aromatic N) is 1. The number of carbonyl (C=O) groups is 1. The first-order valence-corrected chi connectivity index (χ1v) is 6.61. The van der Waals surface area contributed by atoms with E-state index in [1.807, 2.05) is 0 Å². The van der Waals surface area contributed by atoms with E-state index in [4.69, 9.17) is 0 Å². The highest BCUT2D eigenvalue weighted by Crippen LogP contribution is 2.45. The Morgan fingerprint density at radius 3 is 2.76 bits per heavy atom. The fourth-order valence-electron chi connectivity index (χ4n) is 2.75. The molecule has 1 aliphatic rings. The molecule has 21 heavy (non-hydrogen) atoms. The van der Waals surface area contributed by atoms with Crippen LogP contribution in [0.2, 0.25) is 0 Å². The monoisotopic (exact) mass is 294 g/mol. The van der Waals surface area contributed by atoms with Crippen molar-refractivity contribution in [2.45, 2.75) is 12.6 Å². The van der Waals surface area contributed by atoms with E-state index in [-0.39, 0.29) is 25.1 Å². The van der Waals surface area contributed by atoms with Gasteiger partial charge in [-0.1, -0.05) is 6.07 Å². The van der Waals surface area contributed by atoms with E-state index < -0.39 is 17.4 Å². The average molecular weight is 294 g/mol. The third-order valence-electron chi connectivity index (χ3n) is 4.00. The topological polar surface area (TPSA) is 42.0 Å². The van der Waals surface area contributed by atoms with Crippen molar-refractivity contribution < 1.29 is 18.0 Å². The van der Waals surface area contributed by atoms with Crippen LogP contribution in [0.25, 0.3) is 10.9 Å². The zero-order valence-electron chi connectivity index (χ0n) is 11.1. The van der Waals surface area contributed by atoms with Crippen molar-refractivity contribution in [2.24, 2.45) is 5.41 Å². The Bertz CT molecular complexity index is 691. The number of aromatic nitrogens is 1. The summed E-state index contributed by atoms with van der Waals surface area (Å²) in [5.41, 5.74) is -1.58. The Morgan fingerprint density at radius 2 is 2.10 bits per heavy atom. The number of nitrogens with one attached hydrogen (secondary N) is 1. The van der Waals surface area contributed by atoms with Gasteiger partial charge in [0.1, 0.15) is 5.41 Å². The standard InChI is InChI=1S/C15H13F3N2O/c16-15(17,18)14(5-7-19-9-14)13(21)11-3-4-12-10(8-11)2-1-6-20-12/h1-4,6,8,19H,5,7,9H2. The van der Waals surface area contributed by atoms with Crippen molar-refractivity contribution in [3.8, 4) is 0 Å². The molecule has 0 bridgehead atoms. The number of carbonyl (C=O) groups excluding carboxylic acids is 1. The molecule has 0 aliphatic carbocycles. The Kier molecular flexibility index (Phi) is 3.20. The van der Waals surface area contributed by atoms with Gasteiger partial charge in [0.25, 0.3) is 0 Å². The minimum absolute atomic E-state index is 0.0801. The number of hydrogen-bond acceptors (Lipinski definition) is 3. The van der Waals surface area contributed by atoms with Gasteiger partial charge < -0.3 is 5.32 Å². The van der Waals surface area contributed by atoms with E-state index in [0.717, 1.165) is 0 Å². The minimum Gasteiger partial charge on any atom is -0.315 e. The number of halogens is 3. The van der Waals surface area contributed by atoms with Gasteiger partial charge in [-0.25, -0.2) is 0 Å². The highest BCUT2D eigenvalue weighted by Gasteiger charge is 2.61. The summed E-state index contributed by atoms with van der Waals surface area (Å²) in [6.45, 7) is -0.166. The van der Waals surface area contributed by atoms with Crippen LogP contribution in [0.1, 0.15) is 16.8 Å². The second-order valence-electron chi connectivity index (χ2n) is 5.25. The molecule has 110 valence electrons. The largest absolute Gasteiger partial charge is 0.402 e. The first-order chi connectivity index (χ1) is 9.94. The number of benzene rings is 1. The van der Waals surface area contributed by atoms with Crippen LogP contribution in [0.4, 0.5) is 13.2 Å². The summed E-state index contributed by atoms with van der Waals surface area (Å²) in [6.07, 6.45) is -3.18. The number of fused-ring (bicyclic) bond motifs is 1. The second-order valence-corrected chi connectivity index (χ2v) is 5.25. The van der Waals surface area contributed by atoms with Crippen LogP contribution < -0.4 is 5.32 Å². The van der Waals surface area contributed by atoms with Gasteiger partial charge in [0.05, 0.1) is 5.52 Å². The Morgan fingerprint density at radius 1 is 1.29 bits per heavy atom. The lowest BCUT2D eigenvalue weighted by Crippen LogP contribution is -2.46. The molecule has 3 nitrogen and oxygen atoms in total. The van der Waals surface area contributed by atoms with Crippen LogP contribution >= 0.6 is 0 Å². The quantitative estimate of drug-likeness (QED) is 0.866. The predicted molar refractivity (Wildman–Crippen MR) is 72.0 cm³/mol. The van der Waals surface area contributed by atoms with Gasteiger partial charge in [-0.15, -0.1) is 0 Å². The molecule has 0 radical (unpaired) electrons. The zero-order chi connectivity index (χ0) is 15.1. The number of hydrogen-bond donors (Lipinski definition) is 1. The predicted octanol–water partition coefficient (Wildman–Crippen LogP) is 2.96. The summed E-state index contributed by atoms with van der Waals surface area (Å²) in [5, 5.41) is 3.31. The molecular formula is C15H13F3N2O. The van der Waals surface area contributed by atoms with Crippen molar-refractivity contribution in [3.63, 3.8) is 0 Å². The van der Waals surface area contributed by atoms with Crippen LogP contribution in [0.5, 0.6) is 0 Å². The van der Waals surface area contributed by atoms with E-state index in [2.05, 4.69) is 10.3 Å². The molecule has 1 atom stereocenters. The van der Waals surface area contributed by atoms with Gasteiger partial charge in [0, 0.05) is 23.7 Å². The van der Waals surface area contributed by atoms with Crippen LogP contribution in [-0.4, -0.2) is 30.0 Å². The Labute approximate surface area is 119 Å². The SMILES string of the molecule is O=C(c1ccc2ncccc2c1)C1(C(F)(F)F)CCNC1. The van der Waals surface area contributed by atoms with Crippen molar-refractivity contribution in [3.05, 3.63) is 42.1 Å². The molecule has 1 aromatic carbocycles. The van der Waals surface area contributed by atoms with Crippen LogP contribution in [0, 0.1) is 5.41 Å². The molecule has 3 rings (SSSR count). The van der Waals surface area contributed by atoms with Crippen LogP contribution in [0.15, 0.2) is 36.5 Å². The molecule has 1 fully saturated rings. The molecule has 0 spiro atoms. The zero-order valence-corrected chi connectivity index (χ0v) is 11.1. The summed E-state index contributed by atoms with van der Waals surface area (Å²) in [4.78, 5) is 16.6. The van der Waals surface area contributed by atoms with E-state index in [1.54, 1.807) is 24.4 Å². The molecule has 2 aromatic rings. The van der Waals surface area contributed by atoms with Crippen molar-refractivity contribution in [1.82, 2.24) is 10.3 Å². The maximum atomic E-state index is 13.4. The molecule has 1 unspecified atom stereocenters. The van der Waals surface area contributed by atoms with E-state index >= 15 is 0 Å². The molecule has 1 saturated heterocycles. The lowest BCUT2D eigenvalue weighted by atomic mass is 9.78. The van der Waals surface area contributed by atoms with Gasteiger partial charge in [-0.3, -0.25) is 9.78 Å². The average Bonchev–Trinajstić information content (AvgIpc) is 2.96. The molecule has 2 heterocycles. The first-order valence-electron chi connectivity index (χ1n) is 6.61. The highest BCUT2D eigenvalue weighted by atomic mass is 19.4. The van der Waals surface area contributed by atoms with Crippen LogP contribution in [-0.2, 0) is 0 Å². The fraction of sp³-hybridized carbons (Fsp3) is 0.333. The van der Waals surface area contributed by atoms with Gasteiger partial charge in [-0.2, -0.15) is 13.2 Å². The number of Topliss-reactive ketones (excluding diaryl/α,β-unsaturated/α-hetero) is 1.